The van der Waals surface area contributed by atoms with Crippen LogP contribution in [-0.4, -0.2) is 57.7 Å². The van der Waals surface area contributed by atoms with E-state index in [2.05, 4.69) is 10.3 Å². The number of amides is 1. The van der Waals surface area contributed by atoms with Gasteiger partial charge < -0.3 is 15.2 Å². The molecule has 1 aliphatic rings. The van der Waals surface area contributed by atoms with Crippen LogP contribution >= 0.6 is 11.3 Å². The van der Waals surface area contributed by atoms with Gasteiger partial charge in [-0.3, -0.25) is 19.6 Å². The largest absolute Gasteiger partial charge is 0.478 e. The number of anilines is 1. The average Bonchev–Trinajstić information content (AvgIpc) is 3.44. The van der Waals surface area contributed by atoms with Crippen LogP contribution in [0.2, 0.25) is 0 Å². The molecule has 0 fully saturated rings. The fraction of sp³-hybridized carbons (Fsp3) is 0.357. The van der Waals surface area contributed by atoms with Crippen LogP contribution < -0.4 is 5.32 Å². The average molecular weight is 537 g/mol. The van der Waals surface area contributed by atoms with Crippen LogP contribution in [0.3, 0.4) is 0 Å². The molecule has 1 aromatic carbocycles. The molecule has 3 heterocycles. The quantitative estimate of drug-likeness (QED) is 0.246. The smallest absolute Gasteiger partial charge is 0.335 e. The van der Waals surface area contributed by atoms with Crippen LogP contribution in [-0.2, 0) is 19.1 Å². The topological polar surface area (TPSA) is 112 Å². The molecule has 38 heavy (non-hydrogen) atoms. The predicted molar refractivity (Wildman–Crippen MR) is 146 cm³/mol. The second kappa shape index (κ2) is 12.7. The highest BCUT2D eigenvalue weighted by Crippen LogP contribution is 2.40. The van der Waals surface area contributed by atoms with Crippen molar-refractivity contribution in [1.82, 2.24) is 15.0 Å². The molecule has 2 aromatic heterocycles. The van der Waals surface area contributed by atoms with Crippen molar-refractivity contribution in [2.24, 2.45) is 0 Å². The third kappa shape index (κ3) is 5.87. The number of unbranched alkanes of at least 4 members (excludes halogenated alkanes) is 2. The van der Waals surface area contributed by atoms with Gasteiger partial charge >= 0.3 is 11.9 Å². The van der Waals surface area contributed by atoms with Crippen molar-refractivity contribution in [2.75, 3.05) is 25.0 Å². The van der Waals surface area contributed by atoms with Gasteiger partial charge in [0.15, 0.2) is 0 Å². The van der Waals surface area contributed by atoms with E-state index in [4.69, 9.17) is 4.74 Å². The molecule has 200 valence electrons. The van der Waals surface area contributed by atoms with E-state index < -0.39 is 17.9 Å². The highest BCUT2D eigenvalue weighted by Gasteiger charge is 2.43. The van der Waals surface area contributed by atoms with E-state index in [9.17, 15) is 19.5 Å². The minimum atomic E-state index is -1.16. The van der Waals surface area contributed by atoms with Crippen molar-refractivity contribution in [2.45, 2.75) is 45.6 Å². The second-order valence-electron chi connectivity index (χ2n) is 8.84. The molecule has 0 saturated carbocycles. The molecular weight excluding hydrogens is 504 g/mol. The van der Waals surface area contributed by atoms with Gasteiger partial charge in [0.25, 0.3) is 5.91 Å². The minimum absolute atomic E-state index is 0.00149. The number of carboxylic acid groups (broad SMARTS) is 1. The zero-order chi connectivity index (χ0) is 27.1. The van der Waals surface area contributed by atoms with Gasteiger partial charge in [-0.2, -0.15) is 0 Å². The van der Waals surface area contributed by atoms with Crippen LogP contribution in [0.1, 0.15) is 50.4 Å². The number of carbonyl (C=O) groups excluding carboxylic acids is 2. The zero-order valence-corrected chi connectivity index (χ0v) is 22.4. The van der Waals surface area contributed by atoms with Crippen molar-refractivity contribution in [1.29, 1.82) is 0 Å². The molecule has 3 aromatic rings. The van der Waals surface area contributed by atoms with E-state index in [0.29, 0.717) is 44.6 Å². The Kier molecular flexibility index (Phi) is 9.09. The molecule has 10 heteroatoms. The maximum atomic E-state index is 13.8. The third-order valence-electron chi connectivity index (χ3n) is 6.44. The summed E-state index contributed by atoms with van der Waals surface area (Å²) in [6, 6.07) is 10.7. The van der Waals surface area contributed by atoms with E-state index in [1.54, 1.807) is 24.3 Å². The fourth-order valence-corrected chi connectivity index (χ4v) is 5.59. The molecule has 0 bridgehead atoms. The molecule has 0 spiro atoms. The second-order valence-corrected chi connectivity index (χ2v) is 9.82. The third-order valence-corrected chi connectivity index (χ3v) is 7.37. The first-order chi connectivity index (χ1) is 18.5. The first-order valence-corrected chi connectivity index (χ1v) is 13.7. The SMILES string of the molecule is CCOC(=O)CCCCCN1C(c2cccs2)C(C(=O)O)=C(Nc2cncc3ccccc23)C(=O)N1CC. The van der Waals surface area contributed by atoms with Crippen molar-refractivity contribution in [3.8, 4) is 0 Å². The number of hydrogen-bond acceptors (Lipinski definition) is 8. The Labute approximate surface area is 225 Å². The molecular formula is C28H32N4O5S. The summed E-state index contributed by atoms with van der Waals surface area (Å²) in [5, 5.41) is 20.7. The summed E-state index contributed by atoms with van der Waals surface area (Å²) in [5.41, 5.74) is 0.606. The number of hydrazine groups is 1. The molecule has 1 unspecified atom stereocenters. The number of rotatable bonds is 12. The molecule has 4 rings (SSSR count). The number of carbonyl (C=O) groups is 3. The number of benzene rings is 1. The number of esters is 1. The number of likely N-dealkylation sites (N-methyl/N-ethyl adjacent to an activating group) is 1. The number of carboxylic acids is 1. The summed E-state index contributed by atoms with van der Waals surface area (Å²) >= 11 is 1.45. The van der Waals surface area contributed by atoms with E-state index in [0.717, 1.165) is 22.1 Å². The Morgan fingerprint density at radius 1 is 1.11 bits per heavy atom. The summed E-state index contributed by atoms with van der Waals surface area (Å²) in [4.78, 5) is 43.4. The number of ether oxygens (including phenoxy) is 1. The van der Waals surface area contributed by atoms with Crippen LogP contribution in [0.5, 0.6) is 0 Å². The van der Waals surface area contributed by atoms with Crippen LogP contribution in [0, 0.1) is 0 Å². The molecule has 1 amide bonds. The standard InChI is InChI=1S/C28H32N4O5S/c1-3-31-27(34)25(30-21-18-29-17-19-11-7-8-12-20(19)21)24(28(35)36)26(22-13-10-16-38-22)32(31)15-9-5-6-14-23(33)37-4-2/h7-8,10-13,16-18,26,30H,3-6,9,14-15H2,1-2H3,(H,35,36). The lowest BCUT2D eigenvalue weighted by atomic mass is 9.98. The molecule has 9 nitrogen and oxygen atoms in total. The van der Waals surface area contributed by atoms with Crippen molar-refractivity contribution >= 4 is 45.6 Å². The van der Waals surface area contributed by atoms with E-state index in [1.165, 1.54) is 11.3 Å². The number of nitrogens with one attached hydrogen (secondary N) is 1. The van der Waals surface area contributed by atoms with Gasteiger partial charge in [-0.05, 0) is 38.1 Å². The normalized spacial score (nSPS) is 16.2. The highest BCUT2D eigenvalue weighted by molar-refractivity contribution is 7.10. The van der Waals surface area contributed by atoms with Gasteiger partial charge in [-0.1, -0.05) is 36.8 Å². The van der Waals surface area contributed by atoms with Gasteiger partial charge in [-0.25, -0.2) is 9.80 Å². The molecule has 1 aliphatic heterocycles. The first-order valence-electron chi connectivity index (χ1n) is 12.8. The van der Waals surface area contributed by atoms with Gasteiger partial charge in [-0.15, -0.1) is 11.3 Å². The van der Waals surface area contributed by atoms with Gasteiger partial charge in [0.05, 0.1) is 30.1 Å². The Morgan fingerprint density at radius 2 is 1.92 bits per heavy atom. The van der Waals surface area contributed by atoms with E-state index in [-0.39, 0.29) is 17.2 Å². The first kappa shape index (κ1) is 27.3. The van der Waals surface area contributed by atoms with E-state index >= 15 is 0 Å². The summed E-state index contributed by atoms with van der Waals surface area (Å²) < 4.78 is 5.00. The minimum Gasteiger partial charge on any atom is -0.478 e. The Hall–Kier alpha value is -3.76. The highest BCUT2D eigenvalue weighted by atomic mass is 32.1. The van der Waals surface area contributed by atoms with Crippen molar-refractivity contribution in [3.05, 3.63) is 70.3 Å². The Bertz CT molecular complexity index is 1320. The van der Waals surface area contributed by atoms with Gasteiger partial charge in [0.1, 0.15) is 5.70 Å². The van der Waals surface area contributed by atoms with Gasteiger partial charge in [0.2, 0.25) is 0 Å². The molecule has 0 radical (unpaired) electrons. The Morgan fingerprint density at radius 3 is 2.63 bits per heavy atom. The number of fused-ring (bicyclic) bond motifs is 1. The summed E-state index contributed by atoms with van der Waals surface area (Å²) in [6.07, 6.45) is 5.77. The zero-order valence-electron chi connectivity index (χ0n) is 21.6. The van der Waals surface area contributed by atoms with Crippen LogP contribution in [0.4, 0.5) is 5.69 Å². The lowest BCUT2D eigenvalue weighted by molar-refractivity contribution is -0.154. The van der Waals surface area contributed by atoms with Crippen LogP contribution in [0.25, 0.3) is 10.8 Å². The number of pyridine rings is 1. The maximum absolute atomic E-state index is 13.8. The van der Waals surface area contributed by atoms with Crippen molar-refractivity contribution < 1.29 is 24.2 Å². The van der Waals surface area contributed by atoms with Crippen LogP contribution in [0.15, 0.2) is 65.4 Å². The lowest BCUT2D eigenvalue weighted by Gasteiger charge is -2.44. The fourth-order valence-electron chi connectivity index (χ4n) is 4.75. The van der Waals surface area contributed by atoms with E-state index in [1.807, 2.05) is 53.7 Å². The molecule has 0 aliphatic carbocycles. The molecule has 2 N–H and O–H groups in total. The monoisotopic (exact) mass is 536 g/mol. The number of nitrogens with zero attached hydrogens (tertiary/aromatic N) is 3. The summed E-state index contributed by atoms with van der Waals surface area (Å²) in [5.74, 6) is -1.78. The number of hydrogen-bond donors (Lipinski definition) is 2. The molecule has 1 atom stereocenters. The number of thiophene rings is 1. The number of aromatic nitrogens is 1. The number of aliphatic carboxylic acids is 1. The van der Waals surface area contributed by atoms with Crippen molar-refractivity contribution in [3.63, 3.8) is 0 Å². The summed E-state index contributed by atoms with van der Waals surface area (Å²) in [6.45, 7) is 4.85. The lowest BCUT2D eigenvalue weighted by Crippen LogP contribution is -2.55. The summed E-state index contributed by atoms with van der Waals surface area (Å²) in [7, 11) is 0. The Balaban J connectivity index is 1.68. The maximum Gasteiger partial charge on any atom is 0.335 e. The molecule has 0 saturated heterocycles. The van der Waals surface area contributed by atoms with Gasteiger partial charge in [0, 0.05) is 41.4 Å². The predicted octanol–water partition coefficient (Wildman–Crippen LogP) is 4.99.